The molecule has 7 heteroatoms. The Bertz CT molecular complexity index is 526. The molecule has 1 N–H and O–H groups in total. The summed E-state index contributed by atoms with van der Waals surface area (Å²) in [6.07, 6.45) is -4.61. The van der Waals surface area contributed by atoms with Crippen molar-refractivity contribution in [3.8, 4) is 5.75 Å². The van der Waals surface area contributed by atoms with Crippen LogP contribution in [-0.2, 0) is 16.5 Å². The van der Waals surface area contributed by atoms with Crippen molar-refractivity contribution >= 4 is 11.0 Å². The van der Waals surface area contributed by atoms with Gasteiger partial charge in [0.15, 0.2) is 0 Å². The van der Waals surface area contributed by atoms with E-state index in [4.69, 9.17) is 4.74 Å². The Balaban J connectivity index is 3.31. The van der Waals surface area contributed by atoms with Crippen molar-refractivity contribution in [1.82, 2.24) is 4.72 Å². The van der Waals surface area contributed by atoms with E-state index in [0.29, 0.717) is 5.75 Å². The second-order valence-electron chi connectivity index (χ2n) is 5.84. The first-order valence-corrected chi connectivity index (χ1v) is 7.48. The van der Waals surface area contributed by atoms with Crippen LogP contribution >= 0.6 is 0 Å². The molecule has 21 heavy (non-hydrogen) atoms. The third kappa shape index (κ3) is 3.97. The number of methoxy groups -OCH3 is 1. The molecule has 0 aromatic heterocycles. The molecule has 0 saturated carbocycles. The Hall–Kier alpha value is -1.08. The van der Waals surface area contributed by atoms with Gasteiger partial charge in [0.1, 0.15) is 11.3 Å². The lowest BCUT2D eigenvalue weighted by atomic mass is 9.92. The lowest BCUT2D eigenvalue weighted by Gasteiger charge is -2.35. The van der Waals surface area contributed by atoms with E-state index in [-0.39, 0.29) is 5.56 Å². The molecule has 1 aromatic carbocycles. The molecule has 0 aliphatic rings. The van der Waals surface area contributed by atoms with E-state index in [2.05, 4.69) is 4.72 Å². The van der Waals surface area contributed by atoms with Crippen LogP contribution in [0.2, 0.25) is 0 Å². The van der Waals surface area contributed by atoms with Crippen LogP contribution in [0.1, 0.15) is 33.3 Å². The smallest absolute Gasteiger partial charge is 0.411 e. The van der Waals surface area contributed by atoms with Gasteiger partial charge >= 0.3 is 6.18 Å². The Morgan fingerprint density at radius 1 is 1.14 bits per heavy atom. The standard InChI is InChI=1S/C14H20F3NO2S/c1-12(2,3)21(19)18-13(4,14(15,16)17)10-7-6-8-11(9-10)20-5/h6-9,18H,1-5H3/t13-,21-/m0/s1. The van der Waals surface area contributed by atoms with Crippen molar-refractivity contribution in [3.63, 3.8) is 0 Å². The van der Waals surface area contributed by atoms with Crippen LogP contribution in [0.5, 0.6) is 5.75 Å². The highest BCUT2D eigenvalue weighted by Crippen LogP contribution is 2.40. The van der Waals surface area contributed by atoms with E-state index in [1.165, 1.54) is 25.3 Å². The molecule has 0 saturated heterocycles. The first-order valence-electron chi connectivity index (χ1n) is 6.33. The van der Waals surface area contributed by atoms with Crippen molar-refractivity contribution in [1.29, 1.82) is 0 Å². The maximum Gasteiger partial charge on any atom is 0.411 e. The van der Waals surface area contributed by atoms with E-state index in [1.807, 2.05) is 0 Å². The fraction of sp³-hybridized carbons (Fsp3) is 0.571. The molecule has 0 bridgehead atoms. The van der Waals surface area contributed by atoms with Gasteiger partial charge < -0.3 is 4.74 Å². The summed E-state index contributed by atoms with van der Waals surface area (Å²) in [6, 6.07) is 5.66. The Labute approximate surface area is 125 Å². The molecule has 0 fully saturated rings. The number of ether oxygens (including phenoxy) is 1. The fourth-order valence-electron chi connectivity index (χ4n) is 1.55. The molecule has 0 radical (unpaired) electrons. The highest BCUT2D eigenvalue weighted by Gasteiger charge is 2.54. The first-order chi connectivity index (χ1) is 9.41. The van der Waals surface area contributed by atoms with Gasteiger partial charge in [-0.15, -0.1) is 0 Å². The van der Waals surface area contributed by atoms with Crippen molar-refractivity contribution in [3.05, 3.63) is 29.8 Å². The predicted molar refractivity (Wildman–Crippen MR) is 77.4 cm³/mol. The van der Waals surface area contributed by atoms with E-state index >= 15 is 0 Å². The van der Waals surface area contributed by atoms with Gasteiger partial charge in [-0.1, -0.05) is 12.1 Å². The number of alkyl halides is 3. The summed E-state index contributed by atoms with van der Waals surface area (Å²) in [5.41, 5.74) is -2.48. The van der Waals surface area contributed by atoms with Gasteiger partial charge in [-0.05, 0) is 45.4 Å². The minimum atomic E-state index is -4.61. The average molecular weight is 323 g/mol. The van der Waals surface area contributed by atoms with Crippen molar-refractivity contribution < 1.29 is 22.1 Å². The average Bonchev–Trinajstić information content (AvgIpc) is 2.36. The van der Waals surface area contributed by atoms with Crippen LogP contribution in [0.3, 0.4) is 0 Å². The van der Waals surface area contributed by atoms with Gasteiger partial charge in [-0.25, -0.2) is 8.93 Å². The molecule has 1 rings (SSSR count). The van der Waals surface area contributed by atoms with Crippen LogP contribution in [0, 0.1) is 0 Å². The van der Waals surface area contributed by atoms with Gasteiger partial charge in [0.25, 0.3) is 0 Å². The highest BCUT2D eigenvalue weighted by atomic mass is 32.2. The first kappa shape index (κ1) is 18.0. The summed E-state index contributed by atoms with van der Waals surface area (Å²) in [4.78, 5) is 0. The molecule has 0 heterocycles. The molecule has 120 valence electrons. The number of rotatable bonds is 4. The quantitative estimate of drug-likeness (QED) is 0.920. The second kappa shape index (κ2) is 5.96. The zero-order valence-electron chi connectivity index (χ0n) is 12.7. The SMILES string of the molecule is COc1cccc([C@](C)(N[S@@](=O)C(C)(C)C)C(F)(F)F)c1. The fourth-order valence-corrected chi connectivity index (χ4v) is 2.46. The normalized spacial score (nSPS) is 17.1. The van der Waals surface area contributed by atoms with E-state index < -0.39 is 27.4 Å². The van der Waals surface area contributed by atoms with Crippen LogP contribution < -0.4 is 9.46 Å². The van der Waals surface area contributed by atoms with Crippen LogP contribution in [0.15, 0.2) is 24.3 Å². The zero-order chi connectivity index (χ0) is 16.5. The third-order valence-corrected chi connectivity index (χ3v) is 4.77. The minimum absolute atomic E-state index is 0.0491. The van der Waals surface area contributed by atoms with Crippen molar-refractivity contribution in [2.45, 2.75) is 44.2 Å². The second-order valence-corrected chi connectivity index (χ2v) is 7.80. The van der Waals surface area contributed by atoms with Gasteiger partial charge in [-0.2, -0.15) is 13.2 Å². The van der Waals surface area contributed by atoms with Crippen molar-refractivity contribution in [2.75, 3.05) is 7.11 Å². The number of halogens is 3. The van der Waals surface area contributed by atoms with Gasteiger partial charge in [0.05, 0.1) is 22.8 Å². The molecule has 1 aromatic rings. The monoisotopic (exact) mass is 323 g/mol. The number of hydrogen-bond acceptors (Lipinski definition) is 2. The summed E-state index contributed by atoms with van der Waals surface area (Å²) in [5.74, 6) is 0.311. The summed E-state index contributed by atoms with van der Waals surface area (Å²) < 4.78 is 59.1. The van der Waals surface area contributed by atoms with Gasteiger partial charge in [-0.3, -0.25) is 0 Å². The largest absolute Gasteiger partial charge is 0.497 e. The highest BCUT2D eigenvalue weighted by molar-refractivity contribution is 7.84. The lowest BCUT2D eigenvalue weighted by Crippen LogP contribution is -2.54. The van der Waals surface area contributed by atoms with Crippen LogP contribution in [0.25, 0.3) is 0 Å². The van der Waals surface area contributed by atoms with E-state index in [9.17, 15) is 17.4 Å². The van der Waals surface area contributed by atoms with E-state index in [0.717, 1.165) is 6.92 Å². The molecule has 3 nitrogen and oxygen atoms in total. The molecule has 2 atom stereocenters. The molecular formula is C14H20F3NO2S. The Morgan fingerprint density at radius 3 is 2.14 bits per heavy atom. The maximum atomic E-state index is 13.5. The molecule has 0 amide bonds. The Kier molecular flexibility index (Phi) is 5.10. The van der Waals surface area contributed by atoms with Gasteiger partial charge in [0.2, 0.25) is 0 Å². The minimum Gasteiger partial charge on any atom is -0.497 e. The topological polar surface area (TPSA) is 38.3 Å². The van der Waals surface area contributed by atoms with Gasteiger partial charge in [0, 0.05) is 0 Å². The molecule has 0 unspecified atom stereocenters. The number of hydrogen-bond donors (Lipinski definition) is 1. The number of benzene rings is 1. The third-order valence-electron chi connectivity index (χ3n) is 3.07. The summed E-state index contributed by atoms with van der Waals surface area (Å²) in [5, 5.41) is 0. The zero-order valence-corrected chi connectivity index (χ0v) is 13.5. The van der Waals surface area contributed by atoms with Crippen molar-refractivity contribution in [2.24, 2.45) is 0 Å². The Morgan fingerprint density at radius 2 is 1.71 bits per heavy atom. The van der Waals surface area contributed by atoms with Crippen LogP contribution in [-0.4, -0.2) is 22.2 Å². The molecule has 0 spiro atoms. The maximum absolute atomic E-state index is 13.5. The summed E-state index contributed by atoms with van der Waals surface area (Å²) >= 11 is 0. The van der Waals surface area contributed by atoms with Crippen LogP contribution in [0.4, 0.5) is 13.2 Å². The summed E-state index contributed by atoms with van der Waals surface area (Å²) in [6.45, 7) is 5.81. The number of nitrogens with one attached hydrogen (secondary N) is 1. The van der Waals surface area contributed by atoms with E-state index in [1.54, 1.807) is 26.8 Å². The predicted octanol–water partition coefficient (Wildman–Crippen LogP) is 3.52. The summed E-state index contributed by atoms with van der Waals surface area (Å²) in [7, 11) is -0.493. The molecule has 0 aliphatic heterocycles. The lowest BCUT2D eigenvalue weighted by molar-refractivity contribution is -0.189. The molecule has 0 aliphatic carbocycles. The molecular weight excluding hydrogens is 303 g/mol.